The van der Waals surface area contributed by atoms with Gasteiger partial charge in [0.2, 0.25) is 0 Å². The molecule has 0 N–H and O–H groups in total. The number of allylic oxidation sites excluding steroid dienone is 1. The topological polar surface area (TPSA) is 0 Å². The highest BCUT2D eigenvalue weighted by Crippen LogP contribution is 2.34. The van der Waals surface area contributed by atoms with Crippen LogP contribution < -0.4 is 0 Å². The summed E-state index contributed by atoms with van der Waals surface area (Å²) in [7, 11) is 0. The molecular weight excluding hydrogens is 476 g/mol. The molecule has 3 rings (SSSR count). The molecular formula is C27H20F8. The summed E-state index contributed by atoms with van der Waals surface area (Å²) < 4.78 is 112. The normalized spacial score (nSPS) is 12.9. The van der Waals surface area contributed by atoms with Crippen molar-refractivity contribution >= 4 is 17.5 Å². The molecule has 35 heavy (non-hydrogen) atoms. The van der Waals surface area contributed by atoms with Gasteiger partial charge in [-0.3, -0.25) is 0 Å². The highest BCUT2D eigenvalue weighted by Gasteiger charge is 2.18. The van der Waals surface area contributed by atoms with Gasteiger partial charge in [-0.25, -0.2) is 35.1 Å². The molecule has 0 bridgehead atoms. The molecule has 0 aromatic heterocycles. The minimum atomic E-state index is -1.72. The third-order valence-electron chi connectivity index (χ3n) is 5.34. The molecule has 0 saturated heterocycles. The van der Waals surface area contributed by atoms with Gasteiger partial charge >= 0.3 is 0 Å². The van der Waals surface area contributed by atoms with Crippen LogP contribution in [-0.4, -0.2) is 0 Å². The van der Waals surface area contributed by atoms with E-state index in [0.717, 1.165) is 49.2 Å². The fraction of sp³-hybridized carbons (Fsp3) is 0.185. The van der Waals surface area contributed by atoms with Crippen molar-refractivity contribution in [2.75, 3.05) is 0 Å². The second kappa shape index (κ2) is 11.3. The molecule has 0 fully saturated rings. The third-order valence-corrected chi connectivity index (χ3v) is 5.34. The quantitative estimate of drug-likeness (QED) is 0.126. The van der Waals surface area contributed by atoms with Gasteiger partial charge in [0, 0.05) is 28.7 Å². The Morgan fingerprint density at radius 2 is 1.11 bits per heavy atom. The van der Waals surface area contributed by atoms with Gasteiger partial charge in [-0.2, -0.15) is 0 Å². The predicted octanol–water partition coefficient (Wildman–Crippen LogP) is 9.86. The smallest absolute Gasteiger partial charge is 0.194 e. The molecule has 8 heteroatoms. The van der Waals surface area contributed by atoms with Crippen molar-refractivity contribution in [3.63, 3.8) is 0 Å². The van der Waals surface area contributed by atoms with Crippen molar-refractivity contribution in [3.05, 3.63) is 100 Å². The Balaban J connectivity index is 1.86. The van der Waals surface area contributed by atoms with Crippen molar-refractivity contribution < 1.29 is 35.1 Å². The molecule has 0 heterocycles. The predicted molar refractivity (Wildman–Crippen MR) is 120 cm³/mol. The second-order valence-corrected chi connectivity index (χ2v) is 7.83. The van der Waals surface area contributed by atoms with Gasteiger partial charge in [0.15, 0.2) is 34.9 Å². The van der Waals surface area contributed by atoms with Gasteiger partial charge in [-0.05, 0) is 30.2 Å². The van der Waals surface area contributed by atoms with Crippen molar-refractivity contribution in [1.82, 2.24) is 0 Å². The van der Waals surface area contributed by atoms with E-state index in [-0.39, 0.29) is 28.7 Å². The van der Waals surface area contributed by atoms with Crippen LogP contribution in [0.15, 0.2) is 60.4 Å². The fourth-order valence-electron chi connectivity index (χ4n) is 3.41. The van der Waals surface area contributed by atoms with Gasteiger partial charge in [0.05, 0.1) is 0 Å². The van der Waals surface area contributed by atoms with Crippen LogP contribution in [0.2, 0.25) is 0 Å². The first-order chi connectivity index (χ1) is 16.6. The van der Waals surface area contributed by atoms with Gasteiger partial charge in [-0.1, -0.05) is 56.2 Å². The first kappa shape index (κ1) is 26.2. The van der Waals surface area contributed by atoms with Crippen molar-refractivity contribution in [2.45, 2.75) is 32.6 Å². The van der Waals surface area contributed by atoms with Crippen LogP contribution in [0.4, 0.5) is 35.1 Å². The van der Waals surface area contributed by atoms with E-state index in [2.05, 4.69) is 0 Å². The lowest BCUT2D eigenvalue weighted by Gasteiger charge is -2.08. The molecule has 0 saturated carbocycles. The maximum Gasteiger partial charge on any atom is 0.194 e. The number of hydrogen-bond donors (Lipinski definition) is 0. The lowest BCUT2D eigenvalue weighted by atomic mass is 10.0. The molecule has 0 atom stereocenters. The zero-order chi connectivity index (χ0) is 25.7. The Bertz CT molecular complexity index is 1250. The summed E-state index contributed by atoms with van der Waals surface area (Å²) in [5.74, 6) is -10.7. The zero-order valence-corrected chi connectivity index (χ0v) is 18.5. The molecule has 0 nitrogen and oxygen atoms in total. The lowest BCUT2D eigenvalue weighted by Crippen LogP contribution is -1.94. The third kappa shape index (κ3) is 5.99. The number of unbranched alkanes of at least 4 members (excludes halogenated alkanes) is 2. The number of halogens is 8. The van der Waals surface area contributed by atoms with Crippen LogP contribution in [0.1, 0.15) is 49.3 Å². The summed E-state index contributed by atoms with van der Waals surface area (Å²) in [6, 6.07) is 8.01. The van der Waals surface area contributed by atoms with E-state index in [1.807, 2.05) is 6.92 Å². The Hall–Kier alpha value is -3.42. The van der Waals surface area contributed by atoms with Crippen LogP contribution in [0.5, 0.6) is 0 Å². The molecule has 0 spiro atoms. The minimum absolute atomic E-state index is 0.0664. The number of rotatable bonds is 8. The van der Waals surface area contributed by atoms with E-state index in [9.17, 15) is 35.1 Å². The van der Waals surface area contributed by atoms with Crippen LogP contribution >= 0.6 is 0 Å². The van der Waals surface area contributed by atoms with Crippen LogP contribution in [0.25, 0.3) is 28.6 Å². The molecule has 184 valence electrons. The average molecular weight is 496 g/mol. The molecule has 0 unspecified atom stereocenters. The van der Waals surface area contributed by atoms with E-state index >= 15 is 0 Å². The molecule has 0 aliphatic rings. The summed E-state index contributed by atoms with van der Waals surface area (Å²) >= 11 is 0. The summed E-state index contributed by atoms with van der Waals surface area (Å²) in [5.41, 5.74) is -1.62. The molecule has 0 aliphatic carbocycles. The summed E-state index contributed by atoms with van der Waals surface area (Å²) in [5, 5.41) is 0. The van der Waals surface area contributed by atoms with E-state index in [1.165, 1.54) is 0 Å². The Morgan fingerprint density at radius 3 is 1.66 bits per heavy atom. The van der Waals surface area contributed by atoms with Gasteiger partial charge in [-0.15, -0.1) is 0 Å². The van der Waals surface area contributed by atoms with E-state index in [1.54, 1.807) is 0 Å². The SMILES string of the molecule is CCCCC/C(F)=C(\F)c1ccc(/C(F)=C(\F)c2ccc(-c3cc(F)c(F)c(F)c3)c(F)c2)cc1. The van der Waals surface area contributed by atoms with Crippen LogP contribution in [-0.2, 0) is 0 Å². The first-order valence-electron chi connectivity index (χ1n) is 10.8. The number of benzene rings is 3. The Kier molecular flexibility index (Phi) is 8.48. The molecule has 0 amide bonds. The highest BCUT2D eigenvalue weighted by atomic mass is 19.2. The lowest BCUT2D eigenvalue weighted by molar-refractivity contribution is 0.447. The molecule has 3 aromatic rings. The molecule has 0 aliphatic heterocycles. The standard InChI is InChI=1S/C27H20F8/c1-2-3-4-5-20(28)24(32)15-6-8-16(9-7-15)25(33)26(34)17-10-11-19(21(29)12-17)18-13-22(30)27(35)23(31)14-18/h6-14H,2-5H2,1H3/b24-20+,26-25+. The van der Waals surface area contributed by atoms with Gasteiger partial charge in [0.1, 0.15) is 11.6 Å². The second-order valence-electron chi connectivity index (χ2n) is 7.83. The maximum absolute atomic E-state index is 14.7. The van der Waals surface area contributed by atoms with Crippen molar-refractivity contribution in [1.29, 1.82) is 0 Å². The van der Waals surface area contributed by atoms with Crippen molar-refractivity contribution in [2.24, 2.45) is 0 Å². The summed E-state index contributed by atoms with van der Waals surface area (Å²) in [4.78, 5) is 0. The Morgan fingerprint density at radius 1 is 0.600 bits per heavy atom. The van der Waals surface area contributed by atoms with Gasteiger partial charge in [0.25, 0.3) is 0 Å². The monoisotopic (exact) mass is 496 g/mol. The van der Waals surface area contributed by atoms with E-state index in [4.69, 9.17) is 0 Å². The fourth-order valence-corrected chi connectivity index (χ4v) is 3.41. The molecule has 0 radical (unpaired) electrons. The number of hydrogen-bond acceptors (Lipinski definition) is 0. The minimum Gasteiger partial charge on any atom is -0.209 e. The van der Waals surface area contributed by atoms with E-state index < -0.39 is 52.1 Å². The van der Waals surface area contributed by atoms with Crippen LogP contribution in [0.3, 0.4) is 0 Å². The van der Waals surface area contributed by atoms with Gasteiger partial charge < -0.3 is 0 Å². The van der Waals surface area contributed by atoms with Crippen LogP contribution in [0, 0.1) is 23.3 Å². The first-order valence-corrected chi connectivity index (χ1v) is 10.8. The maximum atomic E-state index is 14.7. The van der Waals surface area contributed by atoms with E-state index in [0.29, 0.717) is 24.6 Å². The van der Waals surface area contributed by atoms with Crippen molar-refractivity contribution in [3.8, 4) is 11.1 Å². The summed E-state index contributed by atoms with van der Waals surface area (Å²) in [6.07, 6.45) is 2.00. The summed E-state index contributed by atoms with van der Waals surface area (Å²) in [6.45, 7) is 1.93. The molecule has 3 aromatic carbocycles. The zero-order valence-electron chi connectivity index (χ0n) is 18.5. The Labute approximate surface area is 197 Å². The largest absolute Gasteiger partial charge is 0.209 e. The highest BCUT2D eigenvalue weighted by molar-refractivity contribution is 5.84. The average Bonchev–Trinajstić information content (AvgIpc) is 2.85.